The van der Waals surface area contributed by atoms with Crippen molar-refractivity contribution in [1.82, 2.24) is 0 Å². The minimum atomic E-state index is 0.0293. The Hall–Kier alpha value is -0.250. The average molecular weight is 334 g/mol. The Bertz CT molecular complexity index is 413. The molecule has 0 radical (unpaired) electrons. The zero-order valence-electron chi connectivity index (χ0n) is 10.7. The van der Waals surface area contributed by atoms with E-state index < -0.39 is 0 Å². The Balaban J connectivity index is 2.17. The van der Waals surface area contributed by atoms with E-state index >= 15 is 0 Å². The molecular formula is C14H18BrClO2. The highest BCUT2D eigenvalue weighted by Crippen LogP contribution is 2.46. The first-order valence-electron chi connectivity index (χ1n) is 6.13. The second kappa shape index (κ2) is 5.81. The molecule has 0 saturated heterocycles. The third-order valence-corrected chi connectivity index (χ3v) is 4.83. The van der Waals surface area contributed by atoms with Gasteiger partial charge in [-0.1, -0.05) is 27.5 Å². The van der Waals surface area contributed by atoms with Crippen LogP contribution in [0.5, 0.6) is 5.75 Å². The number of benzene rings is 1. The Morgan fingerprint density at radius 3 is 2.61 bits per heavy atom. The van der Waals surface area contributed by atoms with Crippen molar-refractivity contribution in [3.63, 3.8) is 0 Å². The minimum Gasteiger partial charge on any atom is -0.496 e. The zero-order chi connectivity index (χ0) is 13.2. The maximum absolute atomic E-state index is 6.06. The summed E-state index contributed by atoms with van der Waals surface area (Å²) in [6, 6.07) is 5.72. The van der Waals surface area contributed by atoms with Gasteiger partial charge in [-0.3, -0.25) is 0 Å². The number of rotatable bonds is 5. The van der Waals surface area contributed by atoms with E-state index in [0.717, 1.165) is 35.6 Å². The Morgan fingerprint density at radius 1 is 1.39 bits per heavy atom. The average Bonchev–Trinajstić information content (AvgIpc) is 2.33. The predicted molar refractivity (Wildman–Crippen MR) is 77.9 cm³/mol. The molecule has 1 aromatic rings. The summed E-state index contributed by atoms with van der Waals surface area (Å²) in [5, 5.41) is 0.732. The highest BCUT2D eigenvalue weighted by atomic mass is 79.9. The van der Waals surface area contributed by atoms with Gasteiger partial charge in [0.05, 0.1) is 12.7 Å². The fourth-order valence-electron chi connectivity index (χ4n) is 2.45. The first kappa shape index (κ1) is 14.2. The van der Waals surface area contributed by atoms with Crippen LogP contribution in [0.1, 0.15) is 36.1 Å². The van der Waals surface area contributed by atoms with Crippen LogP contribution in [-0.4, -0.2) is 19.8 Å². The largest absolute Gasteiger partial charge is 0.496 e. The molecule has 1 atom stereocenters. The van der Waals surface area contributed by atoms with Crippen molar-refractivity contribution >= 4 is 27.5 Å². The summed E-state index contributed by atoms with van der Waals surface area (Å²) in [5.74, 6) is 0.867. The summed E-state index contributed by atoms with van der Waals surface area (Å²) in [6.45, 7) is 0. The molecule has 0 aromatic heterocycles. The maximum atomic E-state index is 6.06. The first-order valence-corrected chi connectivity index (χ1v) is 7.42. The quantitative estimate of drug-likeness (QED) is 0.724. The monoisotopic (exact) mass is 332 g/mol. The summed E-state index contributed by atoms with van der Waals surface area (Å²) in [5.41, 5.74) is 1.12. The molecule has 0 spiro atoms. The lowest BCUT2D eigenvalue weighted by molar-refractivity contribution is -0.0773. The fraction of sp³-hybridized carbons (Fsp3) is 0.571. The highest BCUT2D eigenvalue weighted by Gasteiger charge is 2.39. The molecule has 0 bridgehead atoms. The van der Waals surface area contributed by atoms with Gasteiger partial charge in [0.2, 0.25) is 0 Å². The first-order chi connectivity index (χ1) is 8.60. The molecule has 1 fully saturated rings. The van der Waals surface area contributed by atoms with E-state index in [1.165, 1.54) is 6.42 Å². The van der Waals surface area contributed by atoms with E-state index in [1.54, 1.807) is 14.2 Å². The van der Waals surface area contributed by atoms with Crippen molar-refractivity contribution in [2.75, 3.05) is 14.2 Å². The van der Waals surface area contributed by atoms with Gasteiger partial charge in [-0.15, -0.1) is 0 Å². The van der Waals surface area contributed by atoms with Crippen molar-refractivity contribution in [3.05, 3.63) is 28.8 Å². The standard InChI is InChI=1S/C14H18BrClO2/c1-17-13-5-4-10(16)8-11(13)12(15)9-14(18-2)6-3-7-14/h4-5,8,12H,3,6-7,9H2,1-2H3. The summed E-state index contributed by atoms with van der Waals surface area (Å²) >= 11 is 9.81. The predicted octanol–water partition coefficient (Wildman–Crippen LogP) is 4.74. The van der Waals surface area contributed by atoms with Crippen molar-refractivity contribution in [2.45, 2.75) is 36.1 Å². The highest BCUT2D eigenvalue weighted by molar-refractivity contribution is 9.09. The second-order valence-electron chi connectivity index (χ2n) is 4.80. The van der Waals surface area contributed by atoms with Gasteiger partial charge in [-0.2, -0.15) is 0 Å². The van der Waals surface area contributed by atoms with E-state index in [2.05, 4.69) is 15.9 Å². The molecule has 1 unspecified atom stereocenters. The van der Waals surface area contributed by atoms with Crippen LogP contribution in [0, 0.1) is 0 Å². The van der Waals surface area contributed by atoms with Crippen LogP contribution < -0.4 is 4.74 Å². The van der Waals surface area contributed by atoms with Crippen molar-refractivity contribution < 1.29 is 9.47 Å². The molecule has 0 heterocycles. The van der Waals surface area contributed by atoms with Crippen LogP contribution in [0.4, 0.5) is 0 Å². The molecule has 1 aliphatic carbocycles. The molecule has 1 aromatic carbocycles. The van der Waals surface area contributed by atoms with Crippen molar-refractivity contribution in [1.29, 1.82) is 0 Å². The molecule has 100 valence electrons. The van der Waals surface area contributed by atoms with E-state index in [-0.39, 0.29) is 10.4 Å². The Kier molecular flexibility index (Phi) is 4.57. The molecule has 2 nitrogen and oxygen atoms in total. The maximum Gasteiger partial charge on any atom is 0.123 e. The van der Waals surface area contributed by atoms with Crippen LogP contribution in [0.2, 0.25) is 5.02 Å². The lowest BCUT2D eigenvalue weighted by Gasteiger charge is -2.42. The van der Waals surface area contributed by atoms with Gasteiger partial charge < -0.3 is 9.47 Å². The third-order valence-electron chi connectivity index (χ3n) is 3.78. The van der Waals surface area contributed by atoms with Gasteiger partial charge in [-0.05, 0) is 43.9 Å². The normalized spacial score (nSPS) is 19.1. The van der Waals surface area contributed by atoms with Gasteiger partial charge in [0.25, 0.3) is 0 Å². The van der Waals surface area contributed by atoms with E-state index in [9.17, 15) is 0 Å². The molecule has 1 aliphatic rings. The molecule has 0 aliphatic heterocycles. The molecule has 4 heteroatoms. The van der Waals surface area contributed by atoms with Crippen LogP contribution >= 0.6 is 27.5 Å². The molecule has 2 rings (SSSR count). The van der Waals surface area contributed by atoms with Gasteiger partial charge >= 0.3 is 0 Å². The molecule has 0 N–H and O–H groups in total. The third kappa shape index (κ3) is 2.84. The minimum absolute atomic E-state index is 0.0293. The number of hydrogen-bond donors (Lipinski definition) is 0. The van der Waals surface area contributed by atoms with Gasteiger partial charge in [-0.25, -0.2) is 0 Å². The summed E-state index contributed by atoms with van der Waals surface area (Å²) < 4.78 is 11.1. The van der Waals surface area contributed by atoms with Gasteiger partial charge in [0.1, 0.15) is 5.75 Å². The van der Waals surface area contributed by atoms with E-state index in [4.69, 9.17) is 21.1 Å². The van der Waals surface area contributed by atoms with Crippen LogP contribution in [-0.2, 0) is 4.74 Å². The number of halogens is 2. The Morgan fingerprint density at radius 2 is 2.11 bits per heavy atom. The van der Waals surface area contributed by atoms with E-state index in [1.807, 2.05) is 18.2 Å². The number of hydrogen-bond acceptors (Lipinski definition) is 2. The smallest absolute Gasteiger partial charge is 0.123 e. The van der Waals surface area contributed by atoms with Crippen LogP contribution in [0.25, 0.3) is 0 Å². The molecule has 1 saturated carbocycles. The fourth-order valence-corrected chi connectivity index (χ4v) is 3.58. The summed E-state index contributed by atoms with van der Waals surface area (Å²) in [7, 11) is 3.48. The topological polar surface area (TPSA) is 18.5 Å². The van der Waals surface area contributed by atoms with Crippen molar-refractivity contribution in [2.24, 2.45) is 0 Å². The van der Waals surface area contributed by atoms with Crippen LogP contribution in [0.15, 0.2) is 18.2 Å². The SMILES string of the molecule is COc1ccc(Cl)cc1C(Br)CC1(OC)CCC1. The zero-order valence-corrected chi connectivity index (χ0v) is 13.1. The number of alkyl halides is 1. The molecular weight excluding hydrogens is 316 g/mol. The van der Waals surface area contributed by atoms with E-state index in [0.29, 0.717) is 0 Å². The van der Waals surface area contributed by atoms with Crippen molar-refractivity contribution in [3.8, 4) is 5.75 Å². The second-order valence-corrected chi connectivity index (χ2v) is 6.34. The van der Waals surface area contributed by atoms with Gasteiger partial charge in [0.15, 0.2) is 0 Å². The lowest BCUT2D eigenvalue weighted by Crippen LogP contribution is -2.39. The molecule has 0 amide bonds. The summed E-state index contributed by atoms with van der Waals surface area (Å²) in [4.78, 5) is 0.200. The number of ether oxygens (including phenoxy) is 2. The molecule has 18 heavy (non-hydrogen) atoms. The lowest BCUT2D eigenvalue weighted by atomic mass is 9.76. The summed E-state index contributed by atoms with van der Waals surface area (Å²) in [6.07, 6.45) is 4.46. The van der Waals surface area contributed by atoms with Gasteiger partial charge in [0, 0.05) is 22.5 Å². The number of methoxy groups -OCH3 is 2. The van der Waals surface area contributed by atoms with Crippen LogP contribution in [0.3, 0.4) is 0 Å². The Labute approximate surface area is 122 Å².